The molecule has 16 heavy (non-hydrogen) atoms. The van der Waals surface area contributed by atoms with E-state index in [1.807, 2.05) is 13.0 Å². The van der Waals surface area contributed by atoms with E-state index in [1.165, 1.54) is 6.08 Å². The molecule has 1 aromatic carbocycles. The van der Waals surface area contributed by atoms with E-state index in [9.17, 15) is 4.79 Å². The second-order valence-corrected chi connectivity index (χ2v) is 4.25. The Morgan fingerprint density at radius 2 is 2.25 bits per heavy atom. The van der Waals surface area contributed by atoms with Gasteiger partial charge in [-0.05, 0) is 18.6 Å². The quantitative estimate of drug-likeness (QED) is 0.618. The summed E-state index contributed by atoms with van der Waals surface area (Å²) in [6, 6.07) is 1.84. The van der Waals surface area contributed by atoms with E-state index >= 15 is 0 Å². The summed E-state index contributed by atoms with van der Waals surface area (Å²) in [5.74, 6) is 1.47. The summed E-state index contributed by atoms with van der Waals surface area (Å²) in [4.78, 5) is 13.7. The molecule has 1 aromatic rings. The third kappa shape index (κ3) is 1.96. The lowest BCUT2D eigenvalue weighted by Crippen LogP contribution is -2.16. The molecule has 0 fully saturated rings. The summed E-state index contributed by atoms with van der Waals surface area (Å²) in [6.45, 7) is 3.33. The van der Waals surface area contributed by atoms with Crippen molar-refractivity contribution in [1.29, 1.82) is 0 Å². The Labute approximate surface area is 101 Å². The van der Waals surface area contributed by atoms with Crippen molar-refractivity contribution in [3.8, 4) is 11.5 Å². The normalized spacial score (nSPS) is 13.1. The first-order valence-corrected chi connectivity index (χ1v) is 5.64. The molecule has 0 unspecified atom stereocenters. The Kier molecular flexibility index (Phi) is 3.27. The molecule has 0 spiro atoms. The van der Waals surface area contributed by atoms with Crippen LogP contribution in [0, 0.1) is 6.92 Å². The smallest absolute Gasteiger partial charge is 0.235 e. The molecule has 0 saturated carbocycles. The Morgan fingerprint density at radius 3 is 3.00 bits per heavy atom. The lowest BCUT2D eigenvalue weighted by atomic mass is 10.1. The molecule has 0 atom stereocenters. The van der Waals surface area contributed by atoms with E-state index in [0.29, 0.717) is 19.8 Å². The minimum Gasteiger partial charge on any atom is -0.486 e. The molecule has 0 bridgehead atoms. The maximum Gasteiger partial charge on any atom is 0.235 e. The molecule has 1 aliphatic rings. The number of carbonyl (C=O) groups excluding carboxylic acids is 1. The number of aliphatic imine (C=N–C) groups is 1. The lowest BCUT2D eigenvalue weighted by Gasteiger charge is -2.22. The van der Waals surface area contributed by atoms with Gasteiger partial charge in [0.1, 0.15) is 13.2 Å². The number of hydrogen-bond donors (Lipinski definition) is 0. The molecular weight excluding hydrogens is 274 g/mol. The van der Waals surface area contributed by atoms with Gasteiger partial charge in [-0.25, -0.2) is 9.79 Å². The average Bonchev–Trinajstić information content (AvgIpc) is 2.29. The van der Waals surface area contributed by atoms with Crippen LogP contribution in [0.4, 0.5) is 0 Å². The molecule has 84 valence electrons. The molecule has 4 nitrogen and oxygen atoms in total. The molecular formula is C11H10BrNO3. The van der Waals surface area contributed by atoms with Crippen LogP contribution in [0.15, 0.2) is 15.5 Å². The summed E-state index contributed by atoms with van der Waals surface area (Å²) in [7, 11) is 0. The SMILES string of the molecule is Cc1c(CN=C=O)c(Br)cc2c1OCCO2. The molecule has 0 aliphatic carbocycles. The van der Waals surface area contributed by atoms with Crippen molar-refractivity contribution in [2.45, 2.75) is 13.5 Å². The molecule has 2 rings (SSSR count). The topological polar surface area (TPSA) is 47.9 Å². The van der Waals surface area contributed by atoms with Crippen molar-refractivity contribution in [2.75, 3.05) is 13.2 Å². The molecule has 0 saturated heterocycles. The first-order chi connectivity index (χ1) is 7.74. The van der Waals surface area contributed by atoms with E-state index in [2.05, 4.69) is 20.9 Å². The van der Waals surface area contributed by atoms with E-state index in [0.717, 1.165) is 27.1 Å². The molecule has 0 aromatic heterocycles. The number of benzene rings is 1. The van der Waals surface area contributed by atoms with Gasteiger partial charge in [0.05, 0.1) is 6.54 Å². The lowest BCUT2D eigenvalue weighted by molar-refractivity contribution is 0.170. The van der Waals surface area contributed by atoms with Crippen LogP contribution in [0.25, 0.3) is 0 Å². The monoisotopic (exact) mass is 283 g/mol. The molecule has 1 aliphatic heterocycles. The van der Waals surface area contributed by atoms with Crippen molar-refractivity contribution in [1.82, 2.24) is 0 Å². The zero-order valence-corrected chi connectivity index (χ0v) is 10.3. The largest absolute Gasteiger partial charge is 0.486 e. The highest BCUT2D eigenvalue weighted by Crippen LogP contribution is 2.39. The van der Waals surface area contributed by atoms with E-state index in [-0.39, 0.29) is 0 Å². The van der Waals surface area contributed by atoms with Gasteiger partial charge >= 0.3 is 0 Å². The van der Waals surface area contributed by atoms with Crippen molar-refractivity contribution in [2.24, 2.45) is 4.99 Å². The fourth-order valence-electron chi connectivity index (χ4n) is 1.66. The highest BCUT2D eigenvalue weighted by Gasteiger charge is 2.19. The summed E-state index contributed by atoms with van der Waals surface area (Å²) in [6.07, 6.45) is 1.53. The van der Waals surface area contributed by atoms with Crippen LogP contribution in [0.5, 0.6) is 11.5 Å². The maximum absolute atomic E-state index is 10.1. The number of fused-ring (bicyclic) bond motifs is 1. The van der Waals surface area contributed by atoms with E-state index in [4.69, 9.17) is 9.47 Å². The van der Waals surface area contributed by atoms with Crippen molar-refractivity contribution in [3.05, 3.63) is 21.7 Å². The highest BCUT2D eigenvalue weighted by atomic mass is 79.9. The van der Waals surface area contributed by atoms with Gasteiger partial charge in [-0.3, -0.25) is 0 Å². The number of halogens is 1. The fraction of sp³-hybridized carbons (Fsp3) is 0.364. The number of nitrogens with zero attached hydrogens (tertiary/aromatic N) is 1. The Morgan fingerprint density at radius 1 is 1.50 bits per heavy atom. The molecule has 1 heterocycles. The van der Waals surface area contributed by atoms with Crippen LogP contribution < -0.4 is 9.47 Å². The fourth-order valence-corrected chi connectivity index (χ4v) is 2.29. The van der Waals surface area contributed by atoms with Crippen molar-refractivity contribution >= 4 is 22.0 Å². The minimum atomic E-state index is 0.298. The third-order valence-electron chi connectivity index (χ3n) is 2.45. The predicted molar refractivity (Wildman–Crippen MR) is 61.7 cm³/mol. The van der Waals surface area contributed by atoms with Gasteiger partial charge in [0, 0.05) is 10.0 Å². The molecule has 0 N–H and O–H groups in total. The van der Waals surface area contributed by atoms with Crippen LogP contribution in [0.1, 0.15) is 11.1 Å². The van der Waals surface area contributed by atoms with E-state index < -0.39 is 0 Å². The second-order valence-electron chi connectivity index (χ2n) is 3.39. The van der Waals surface area contributed by atoms with Crippen LogP contribution in [-0.2, 0) is 11.3 Å². The van der Waals surface area contributed by atoms with Crippen molar-refractivity contribution < 1.29 is 14.3 Å². The zero-order valence-electron chi connectivity index (χ0n) is 8.75. The van der Waals surface area contributed by atoms with Crippen molar-refractivity contribution in [3.63, 3.8) is 0 Å². The molecule has 0 radical (unpaired) electrons. The number of hydrogen-bond acceptors (Lipinski definition) is 4. The highest BCUT2D eigenvalue weighted by molar-refractivity contribution is 9.10. The number of ether oxygens (including phenoxy) is 2. The van der Waals surface area contributed by atoms with Gasteiger partial charge in [-0.1, -0.05) is 15.9 Å². The van der Waals surface area contributed by atoms with Gasteiger partial charge in [-0.2, -0.15) is 0 Å². The Bertz CT molecular complexity index is 467. The van der Waals surface area contributed by atoms with E-state index in [1.54, 1.807) is 0 Å². The van der Waals surface area contributed by atoms with Gasteiger partial charge in [0.25, 0.3) is 0 Å². The summed E-state index contributed by atoms with van der Waals surface area (Å²) < 4.78 is 11.9. The second kappa shape index (κ2) is 4.68. The van der Waals surface area contributed by atoms with Gasteiger partial charge < -0.3 is 9.47 Å². The summed E-state index contributed by atoms with van der Waals surface area (Å²) in [5.41, 5.74) is 1.87. The van der Waals surface area contributed by atoms with Crippen LogP contribution >= 0.6 is 15.9 Å². The molecule has 5 heteroatoms. The average molecular weight is 284 g/mol. The van der Waals surface area contributed by atoms with Crippen LogP contribution in [-0.4, -0.2) is 19.3 Å². The van der Waals surface area contributed by atoms with Gasteiger partial charge in [-0.15, -0.1) is 0 Å². The summed E-state index contributed by atoms with van der Waals surface area (Å²) in [5, 5.41) is 0. The summed E-state index contributed by atoms with van der Waals surface area (Å²) >= 11 is 3.43. The van der Waals surface area contributed by atoms with Crippen LogP contribution in [0.3, 0.4) is 0 Å². The predicted octanol–water partition coefficient (Wildman–Crippen LogP) is 2.36. The first kappa shape index (κ1) is 11.2. The Balaban J connectivity index is 2.49. The Hall–Kier alpha value is -1.32. The third-order valence-corrected chi connectivity index (χ3v) is 3.16. The zero-order chi connectivity index (χ0) is 11.5. The number of isocyanates is 1. The van der Waals surface area contributed by atoms with Gasteiger partial charge in [0.2, 0.25) is 6.08 Å². The standard InChI is InChI=1S/C11H10BrNO3/c1-7-8(5-13-6-14)9(12)4-10-11(7)16-3-2-15-10/h4H,2-3,5H2,1H3. The first-order valence-electron chi connectivity index (χ1n) is 4.85. The maximum atomic E-state index is 10.1. The number of rotatable bonds is 2. The van der Waals surface area contributed by atoms with Crippen LogP contribution in [0.2, 0.25) is 0 Å². The minimum absolute atomic E-state index is 0.298. The van der Waals surface area contributed by atoms with Gasteiger partial charge in [0.15, 0.2) is 11.5 Å². The molecule has 0 amide bonds.